The molecule has 0 bridgehead atoms. The molecule has 0 fully saturated rings. The number of rotatable bonds is 3. The highest BCUT2D eigenvalue weighted by atomic mass is 16.3. The van der Waals surface area contributed by atoms with Crippen molar-refractivity contribution in [1.82, 2.24) is 9.88 Å². The van der Waals surface area contributed by atoms with Crippen LogP contribution in [0.25, 0.3) is 16.5 Å². The summed E-state index contributed by atoms with van der Waals surface area (Å²) in [5.41, 5.74) is 6.53. The Labute approximate surface area is 160 Å². The van der Waals surface area contributed by atoms with E-state index in [1.165, 1.54) is 40.7 Å². The molecule has 0 saturated heterocycles. The Hall–Kier alpha value is -2.52. The second kappa shape index (κ2) is 6.90. The Morgan fingerprint density at radius 3 is 2.74 bits per heavy atom. The lowest BCUT2D eigenvalue weighted by molar-refractivity contribution is 0.238. The minimum Gasteiger partial charge on any atom is -0.506 e. The van der Waals surface area contributed by atoms with Gasteiger partial charge in [-0.1, -0.05) is 48.5 Å². The molecule has 2 aromatic carbocycles. The Balaban J connectivity index is 1.28. The molecule has 3 heteroatoms. The second-order valence-electron chi connectivity index (χ2n) is 8.00. The Kier molecular flexibility index (Phi) is 4.25. The number of aryl methyl sites for hydroxylation is 1. The van der Waals surface area contributed by atoms with Gasteiger partial charge in [0.05, 0.1) is 5.52 Å². The number of H-pyrrole nitrogens is 1. The third-order valence-electron chi connectivity index (χ3n) is 6.26. The van der Waals surface area contributed by atoms with E-state index in [4.69, 9.17) is 0 Å². The van der Waals surface area contributed by atoms with Crippen molar-refractivity contribution in [2.24, 2.45) is 5.92 Å². The highest BCUT2D eigenvalue weighted by Gasteiger charge is 2.25. The minimum absolute atomic E-state index is 0.369. The van der Waals surface area contributed by atoms with Crippen molar-refractivity contribution in [3.8, 4) is 5.75 Å². The zero-order chi connectivity index (χ0) is 18.2. The summed E-state index contributed by atoms with van der Waals surface area (Å²) in [7, 11) is 0. The van der Waals surface area contributed by atoms with Gasteiger partial charge in [0.1, 0.15) is 5.75 Å². The molecule has 2 heterocycles. The number of fused-ring (bicyclic) bond motifs is 3. The van der Waals surface area contributed by atoms with E-state index in [0.29, 0.717) is 11.7 Å². The number of phenolic OH excluding ortho intramolecular Hbond substituents is 1. The lowest BCUT2D eigenvalue weighted by Crippen LogP contribution is -2.35. The smallest absolute Gasteiger partial charge is 0.139 e. The molecule has 1 unspecified atom stereocenters. The summed E-state index contributed by atoms with van der Waals surface area (Å²) in [5, 5.41) is 11.3. The van der Waals surface area contributed by atoms with E-state index in [0.717, 1.165) is 37.9 Å². The molecule has 2 N–H and O–H groups in total. The quantitative estimate of drug-likeness (QED) is 0.708. The summed E-state index contributed by atoms with van der Waals surface area (Å²) in [4.78, 5) is 6.06. The van der Waals surface area contributed by atoms with Crippen LogP contribution >= 0.6 is 0 Å². The van der Waals surface area contributed by atoms with Crippen LogP contribution < -0.4 is 0 Å². The molecule has 5 rings (SSSR count). The van der Waals surface area contributed by atoms with Gasteiger partial charge in [0.2, 0.25) is 0 Å². The Morgan fingerprint density at radius 1 is 1.04 bits per heavy atom. The number of para-hydroxylation sites is 1. The topological polar surface area (TPSA) is 39.3 Å². The van der Waals surface area contributed by atoms with E-state index in [9.17, 15) is 5.11 Å². The minimum atomic E-state index is 0.369. The number of aromatic hydroxyl groups is 1. The lowest BCUT2D eigenvalue weighted by atomic mass is 9.85. The number of nitrogens with one attached hydrogen (secondary N) is 1. The maximum Gasteiger partial charge on any atom is 0.139 e. The number of phenols is 1. The maximum atomic E-state index is 10.1. The molecule has 0 saturated carbocycles. The van der Waals surface area contributed by atoms with Gasteiger partial charge in [-0.15, -0.1) is 0 Å². The van der Waals surface area contributed by atoms with Crippen LogP contribution in [0.4, 0.5) is 0 Å². The first-order valence-corrected chi connectivity index (χ1v) is 10.1. The predicted octanol–water partition coefficient (Wildman–Crippen LogP) is 4.77. The van der Waals surface area contributed by atoms with Gasteiger partial charge in [0.15, 0.2) is 0 Å². The summed E-state index contributed by atoms with van der Waals surface area (Å²) in [6, 6.07) is 16.6. The second-order valence-corrected chi connectivity index (χ2v) is 8.00. The number of aromatic amines is 1. The van der Waals surface area contributed by atoms with E-state index < -0.39 is 0 Å². The fourth-order valence-corrected chi connectivity index (χ4v) is 4.81. The van der Waals surface area contributed by atoms with Crippen LogP contribution in [0.3, 0.4) is 0 Å². The monoisotopic (exact) mass is 358 g/mol. The molecule has 3 aromatic rings. The van der Waals surface area contributed by atoms with Crippen LogP contribution in [0.5, 0.6) is 5.75 Å². The first-order chi connectivity index (χ1) is 13.3. The van der Waals surface area contributed by atoms with Crippen LogP contribution in [0.2, 0.25) is 0 Å². The molecular formula is C24H26N2O. The first-order valence-electron chi connectivity index (χ1n) is 10.1. The van der Waals surface area contributed by atoms with Gasteiger partial charge in [0.25, 0.3) is 0 Å². The van der Waals surface area contributed by atoms with Crippen molar-refractivity contribution in [3.05, 3.63) is 71.4 Å². The summed E-state index contributed by atoms with van der Waals surface area (Å²) in [6.07, 6.45) is 6.99. The van der Waals surface area contributed by atoms with Crippen LogP contribution in [0.1, 0.15) is 29.7 Å². The van der Waals surface area contributed by atoms with Crippen LogP contribution in [-0.4, -0.2) is 34.6 Å². The molecule has 0 radical (unpaired) electrons. The van der Waals surface area contributed by atoms with E-state index >= 15 is 0 Å². The average Bonchev–Trinajstić information content (AvgIpc) is 3.09. The highest BCUT2D eigenvalue weighted by Crippen LogP contribution is 2.35. The summed E-state index contributed by atoms with van der Waals surface area (Å²) >= 11 is 0. The van der Waals surface area contributed by atoms with Gasteiger partial charge in [-0.25, -0.2) is 0 Å². The molecule has 0 amide bonds. The third-order valence-corrected chi connectivity index (χ3v) is 6.26. The molecule has 2 aliphatic rings. The van der Waals surface area contributed by atoms with Gasteiger partial charge in [-0.2, -0.15) is 0 Å². The lowest BCUT2D eigenvalue weighted by Gasteiger charge is -2.32. The van der Waals surface area contributed by atoms with Gasteiger partial charge >= 0.3 is 0 Å². The van der Waals surface area contributed by atoms with Gasteiger partial charge in [0, 0.05) is 30.7 Å². The zero-order valence-electron chi connectivity index (χ0n) is 15.6. The van der Waals surface area contributed by atoms with Crippen molar-refractivity contribution in [2.45, 2.75) is 25.7 Å². The molecule has 3 nitrogen and oxygen atoms in total. The maximum absolute atomic E-state index is 10.1. The van der Waals surface area contributed by atoms with Crippen molar-refractivity contribution in [1.29, 1.82) is 0 Å². The largest absolute Gasteiger partial charge is 0.506 e. The molecule has 0 spiro atoms. The average molecular weight is 358 g/mol. The number of hydrogen-bond acceptors (Lipinski definition) is 2. The predicted molar refractivity (Wildman–Crippen MR) is 111 cm³/mol. The molecule has 1 atom stereocenters. The fraction of sp³-hybridized carbons (Fsp3) is 0.333. The number of hydrogen-bond donors (Lipinski definition) is 2. The van der Waals surface area contributed by atoms with Crippen LogP contribution in [0.15, 0.2) is 54.6 Å². The molecule has 27 heavy (non-hydrogen) atoms. The SMILES string of the molecule is Oc1cccc2c3c([nH]c12)CCC(CN1CC=C(c2ccccc2)CC1)C3. The van der Waals surface area contributed by atoms with Gasteiger partial charge in [-0.05, 0) is 54.4 Å². The number of aromatic nitrogens is 1. The van der Waals surface area contributed by atoms with Gasteiger partial charge < -0.3 is 10.1 Å². The summed E-state index contributed by atoms with van der Waals surface area (Å²) < 4.78 is 0. The van der Waals surface area contributed by atoms with Crippen LogP contribution in [-0.2, 0) is 12.8 Å². The molecule has 1 aliphatic carbocycles. The zero-order valence-corrected chi connectivity index (χ0v) is 15.6. The molecule has 138 valence electrons. The van der Waals surface area contributed by atoms with Crippen molar-refractivity contribution in [2.75, 3.05) is 19.6 Å². The summed E-state index contributed by atoms with van der Waals surface area (Å²) in [5.74, 6) is 1.07. The standard InChI is InChI=1S/C24H26N2O/c27-23-8-4-7-20-21-15-17(9-10-22(21)25-24(20)23)16-26-13-11-19(12-14-26)18-5-2-1-3-6-18/h1-8,11,17,25,27H,9-10,12-16H2. The normalized spacial score (nSPS) is 20.4. The van der Waals surface area contributed by atoms with Crippen molar-refractivity contribution in [3.63, 3.8) is 0 Å². The van der Waals surface area contributed by atoms with E-state index in [1.807, 2.05) is 6.07 Å². The third kappa shape index (κ3) is 3.17. The Bertz CT molecular complexity index is 986. The van der Waals surface area contributed by atoms with E-state index in [-0.39, 0.29) is 0 Å². The first kappa shape index (κ1) is 16.6. The van der Waals surface area contributed by atoms with Crippen molar-refractivity contribution < 1.29 is 5.11 Å². The van der Waals surface area contributed by atoms with E-state index in [1.54, 1.807) is 6.07 Å². The molecular weight excluding hydrogens is 332 g/mol. The number of nitrogens with zero attached hydrogens (tertiary/aromatic N) is 1. The van der Waals surface area contributed by atoms with Crippen LogP contribution in [0, 0.1) is 5.92 Å². The van der Waals surface area contributed by atoms with E-state index in [2.05, 4.69) is 52.4 Å². The molecule has 1 aromatic heterocycles. The highest BCUT2D eigenvalue weighted by molar-refractivity contribution is 5.89. The fourth-order valence-electron chi connectivity index (χ4n) is 4.81. The van der Waals surface area contributed by atoms with Crippen molar-refractivity contribution >= 4 is 16.5 Å². The summed E-state index contributed by atoms with van der Waals surface area (Å²) in [6.45, 7) is 3.38. The molecule has 1 aliphatic heterocycles. The van der Waals surface area contributed by atoms with Gasteiger partial charge in [-0.3, -0.25) is 4.90 Å². The number of benzene rings is 2. The Morgan fingerprint density at radius 2 is 1.93 bits per heavy atom.